The highest BCUT2D eigenvalue weighted by Crippen LogP contribution is 2.29. The number of hydrogen-bond acceptors (Lipinski definition) is 6. The van der Waals surface area contributed by atoms with Crippen molar-refractivity contribution in [1.82, 2.24) is 4.90 Å². The molecule has 0 saturated carbocycles. The molecule has 144 valence electrons. The minimum atomic E-state index is -0.433. The van der Waals surface area contributed by atoms with Crippen molar-refractivity contribution in [1.29, 1.82) is 0 Å². The van der Waals surface area contributed by atoms with Crippen LogP contribution in [0.25, 0.3) is 0 Å². The molecule has 0 aliphatic rings. The SMILES string of the molecule is COc1ccc(OC)c(NC(=O)CN(C)C(C)c2cccc([N+](=O)[O-])c2)c1. The normalized spacial score (nSPS) is 11.7. The Bertz CT molecular complexity index is 825. The quantitative estimate of drug-likeness (QED) is 0.564. The fourth-order valence-corrected chi connectivity index (χ4v) is 2.62. The molecule has 0 aliphatic carbocycles. The number of rotatable bonds is 8. The van der Waals surface area contributed by atoms with Gasteiger partial charge in [-0.3, -0.25) is 19.8 Å². The average molecular weight is 373 g/mol. The van der Waals surface area contributed by atoms with Crippen LogP contribution in [0.1, 0.15) is 18.5 Å². The molecule has 0 aromatic heterocycles. The van der Waals surface area contributed by atoms with Crippen LogP contribution in [0.15, 0.2) is 42.5 Å². The Morgan fingerprint density at radius 2 is 1.96 bits per heavy atom. The number of nitro benzene ring substituents is 1. The molecule has 2 aromatic carbocycles. The lowest BCUT2D eigenvalue weighted by Crippen LogP contribution is -2.32. The zero-order chi connectivity index (χ0) is 20.0. The largest absolute Gasteiger partial charge is 0.497 e. The summed E-state index contributed by atoms with van der Waals surface area (Å²) in [6.07, 6.45) is 0. The summed E-state index contributed by atoms with van der Waals surface area (Å²) in [5, 5.41) is 13.8. The number of ether oxygens (including phenoxy) is 2. The molecule has 0 fully saturated rings. The molecule has 8 nitrogen and oxygen atoms in total. The zero-order valence-corrected chi connectivity index (χ0v) is 15.8. The van der Waals surface area contributed by atoms with Crippen molar-refractivity contribution >= 4 is 17.3 Å². The topological polar surface area (TPSA) is 93.9 Å². The predicted octanol–water partition coefficient (Wildman–Crippen LogP) is 3.24. The molecule has 2 aromatic rings. The monoisotopic (exact) mass is 373 g/mol. The zero-order valence-electron chi connectivity index (χ0n) is 15.8. The van der Waals surface area contributed by atoms with Crippen LogP contribution in [0.5, 0.6) is 11.5 Å². The summed E-state index contributed by atoms with van der Waals surface area (Å²) in [5.41, 5.74) is 1.30. The first-order chi connectivity index (χ1) is 12.8. The van der Waals surface area contributed by atoms with Gasteiger partial charge in [0.25, 0.3) is 5.69 Å². The van der Waals surface area contributed by atoms with Crippen LogP contribution in [0, 0.1) is 10.1 Å². The van der Waals surface area contributed by atoms with Gasteiger partial charge in [0.1, 0.15) is 11.5 Å². The Morgan fingerprint density at radius 3 is 2.59 bits per heavy atom. The molecule has 1 amide bonds. The number of amides is 1. The van der Waals surface area contributed by atoms with E-state index in [0.717, 1.165) is 5.56 Å². The van der Waals surface area contributed by atoms with Gasteiger partial charge in [-0.25, -0.2) is 0 Å². The third-order valence-corrected chi connectivity index (χ3v) is 4.30. The third-order valence-electron chi connectivity index (χ3n) is 4.30. The average Bonchev–Trinajstić information content (AvgIpc) is 2.67. The lowest BCUT2D eigenvalue weighted by molar-refractivity contribution is -0.384. The minimum absolute atomic E-state index is 0.0262. The Kier molecular flexibility index (Phi) is 6.73. The summed E-state index contributed by atoms with van der Waals surface area (Å²) in [4.78, 5) is 24.8. The smallest absolute Gasteiger partial charge is 0.269 e. The first-order valence-corrected chi connectivity index (χ1v) is 8.32. The molecule has 8 heteroatoms. The van der Waals surface area contributed by atoms with E-state index in [2.05, 4.69) is 5.32 Å². The number of non-ortho nitro benzene ring substituents is 1. The number of nitro groups is 1. The van der Waals surface area contributed by atoms with Gasteiger partial charge in [0.2, 0.25) is 5.91 Å². The van der Waals surface area contributed by atoms with E-state index in [1.807, 2.05) is 6.92 Å². The summed E-state index contributed by atoms with van der Waals surface area (Å²) in [5.74, 6) is 0.893. The Hall–Kier alpha value is -3.13. The number of anilines is 1. The number of benzene rings is 2. The number of carbonyl (C=O) groups excluding carboxylic acids is 1. The summed E-state index contributed by atoms with van der Waals surface area (Å²) in [6, 6.07) is 11.4. The van der Waals surface area contributed by atoms with E-state index in [1.54, 1.807) is 49.4 Å². The van der Waals surface area contributed by atoms with Crippen molar-refractivity contribution in [3.63, 3.8) is 0 Å². The first kappa shape index (κ1) is 20.2. The van der Waals surface area contributed by atoms with Crippen LogP contribution >= 0.6 is 0 Å². The lowest BCUT2D eigenvalue weighted by atomic mass is 10.1. The molecule has 1 atom stereocenters. The highest BCUT2D eigenvalue weighted by molar-refractivity contribution is 5.94. The van der Waals surface area contributed by atoms with Crippen LogP contribution in [0.4, 0.5) is 11.4 Å². The summed E-state index contributed by atoms with van der Waals surface area (Å²) in [7, 11) is 4.85. The highest BCUT2D eigenvalue weighted by Gasteiger charge is 2.18. The number of likely N-dealkylation sites (N-methyl/N-ethyl adjacent to an activating group) is 1. The second kappa shape index (κ2) is 9.00. The molecule has 27 heavy (non-hydrogen) atoms. The molecule has 0 saturated heterocycles. The van der Waals surface area contributed by atoms with Gasteiger partial charge in [-0.2, -0.15) is 0 Å². The van der Waals surface area contributed by atoms with Gasteiger partial charge in [0, 0.05) is 24.2 Å². The van der Waals surface area contributed by atoms with Crippen LogP contribution in [0.2, 0.25) is 0 Å². The van der Waals surface area contributed by atoms with Gasteiger partial charge in [-0.15, -0.1) is 0 Å². The van der Waals surface area contributed by atoms with E-state index in [9.17, 15) is 14.9 Å². The number of methoxy groups -OCH3 is 2. The molecule has 1 N–H and O–H groups in total. The van der Waals surface area contributed by atoms with Crippen molar-refractivity contribution in [2.45, 2.75) is 13.0 Å². The van der Waals surface area contributed by atoms with Crippen molar-refractivity contribution < 1.29 is 19.2 Å². The maximum Gasteiger partial charge on any atom is 0.269 e. The van der Waals surface area contributed by atoms with Crippen molar-refractivity contribution in [3.05, 3.63) is 58.1 Å². The van der Waals surface area contributed by atoms with Gasteiger partial charge in [0.15, 0.2) is 0 Å². The van der Waals surface area contributed by atoms with Gasteiger partial charge in [-0.05, 0) is 31.7 Å². The van der Waals surface area contributed by atoms with Crippen LogP contribution in [0.3, 0.4) is 0 Å². The second-order valence-corrected chi connectivity index (χ2v) is 6.06. The number of nitrogens with one attached hydrogen (secondary N) is 1. The van der Waals surface area contributed by atoms with E-state index < -0.39 is 4.92 Å². The summed E-state index contributed by atoms with van der Waals surface area (Å²) >= 11 is 0. The van der Waals surface area contributed by atoms with Crippen molar-refractivity contribution in [2.75, 3.05) is 33.1 Å². The first-order valence-electron chi connectivity index (χ1n) is 8.32. The maximum absolute atomic E-state index is 12.4. The number of carbonyl (C=O) groups is 1. The van der Waals surface area contributed by atoms with Crippen LogP contribution in [-0.4, -0.2) is 43.5 Å². The fraction of sp³-hybridized carbons (Fsp3) is 0.316. The van der Waals surface area contributed by atoms with E-state index in [1.165, 1.54) is 19.2 Å². The standard InChI is InChI=1S/C19H23N3O5/c1-13(14-6-5-7-15(10-14)22(24)25)21(2)12-19(23)20-17-11-16(26-3)8-9-18(17)27-4/h5-11,13H,12H2,1-4H3,(H,20,23). The maximum atomic E-state index is 12.4. The Labute approximate surface area is 157 Å². The van der Waals surface area contributed by atoms with E-state index in [4.69, 9.17) is 9.47 Å². The Morgan fingerprint density at radius 1 is 1.22 bits per heavy atom. The highest BCUT2D eigenvalue weighted by atomic mass is 16.6. The molecular weight excluding hydrogens is 350 g/mol. The Balaban J connectivity index is 2.07. The van der Waals surface area contributed by atoms with Crippen molar-refractivity contribution in [2.24, 2.45) is 0 Å². The van der Waals surface area contributed by atoms with E-state index in [0.29, 0.717) is 17.2 Å². The molecule has 0 spiro atoms. The molecule has 0 bridgehead atoms. The molecule has 0 aliphatic heterocycles. The fourth-order valence-electron chi connectivity index (χ4n) is 2.62. The van der Waals surface area contributed by atoms with Gasteiger partial charge in [-0.1, -0.05) is 12.1 Å². The summed E-state index contributed by atoms with van der Waals surface area (Å²) in [6.45, 7) is 1.99. The molecule has 0 heterocycles. The van der Waals surface area contributed by atoms with Gasteiger partial charge >= 0.3 is 0 Å². The predicted molar refractivity (Wildman–Crippen MR) is 102 cm³/mol. The molecule has 0 radical (unpaired) electrons. The van der Waals surface area contributed by atoms with Crippen molar-refractivity contribution in [3.8, 4) is 11.5 Å². The number of hydrogen-bond donors (Lipinski definition) is 1. The molecular formula is C19H23N3O5. The minimum Gasteiger partial charge on any atom is -0.497 e. The summed E-state index contributed by atoms with van der Waals surface area (Å²) < 4.78 is 10.4. The van der Waals surface area contributed by atoms with E-state index >= 15 is 0 Å². The lowest BCUT2D eigenvalue weighted by Gasteiger charge is -2.24. The second-order valence-electron chi connectivity index (χ2n) is 6.06. The molecule has 1 unspecified atom stereocenters. The van der Waals surface area contributed by atoms with Gasteiger partial charge in [0.05, 0.1) is 31.4 Å². The third kappa shape index (κ3) is 5.18. The van der Waals surface area contributed by atoms with E-state index in [-0.39, 0.29) is 24.2 Å². The number of nitrogens with zero attached hydrogens (tertiary/aromatic N) is 2. The van der Waals surface area contributed by atoms with Crippen LogP contribution in [-0.2, 0) is 4.79 Å². The van der Waals surface area contributed by atoms with Crippen LogP contribution < -0.4 is 14.8 Å². The van der Waals surface area contributed by atoms with Gasteiger partial charge < -0.3 is 14.8 Å². The molecule has 2 rings (SSSR count).